The predicted octanol–water partition coefficient (Wildman–Crippen LogP) is 12.8. The van der Waals surface area contributed by atoms with Gasteiger partial charge < -0.3 is 43.5 Å². The Morgan fingerprint density at radius 3 is 1.53 bits per heavy atom. The van der Waals surface area contributed by atoms with Crippen molar-refractivity contribution >= 4 is 6.16 Å². The number of allylic oxidation sites excluding steroid dienone is 4. The SMILES string of the molecule is CCCCC/C=C\C/C=C\CCCCCCCC(O)OCC(COC(=O)OCCCN(CC)CC)COC(O)CCC(OCCCCCCCC)OCCCCCCCC. The van der Waals surface area contributed by atoms with Gasteiger partial charge in [0, 0.05) is 38.5 Å². The number of carbonyl (C=O) groups is 1. The Bertz CT molecular complexity index is 913. The Morgan fingerprint density at radius 2 is 0.967 bits per heavy atom. The summed E-state index contributed by atoms with van der Waals surface area (Å²) in [5.41, 5.74) is 0. The summed E-state index contributed by atoms with van der Waals surface area (Å²) in [5.74, 6) is -0.397. The maximum Gasteiger partial charge on any atom is 0.508 e. The van der Waals surface area contributed by atoms with Crippen LogP contribution in [-0.4, -0.2) is 99.4 Å². The zero-order chi connectivity index (χ0) is 44.0. The number of ether oxygens (including phenoxy) is 6. The molecule has 0 aromatic carbocycles. The molecular formula is C50H97NO9. The summed E-state index contributed by atoms with van der Waals surface area (Å²) < 4.78 is 34.7. The molecule has 0 aromatic rings. The molecule has 0 heterocycles. The van der Waals surface area contributed by atoms with Gasteiger partial charge in [-0.3, -0.25) is 0 Å². The van der Waals surface area contributed by atoms with Gasteiger partial charge in [-0.2, -0.15) is 0 Å². The topological polar surface area (TPSA) is 116 Å². The number of aliphatic hydroxyl groups is 2. The van der Waals surface area contributed by atoms with Gasteiger partial charge in [-0.1, -0.05) is 155 Å². The van der Waals surface area contributed by atoms with Crippen molar-refractivity contribution in [1.82, 2.24) is 4.90 Å². The van der Waals surface area contributed by atoms with E-state index in [1.807, 2.05) is 0 Å². The second-order valence-electron chi connectivity index (χ2n) is 16.5. The van der Waals surface area contributed by atoms with E-state index in [4.69, 9.17) is 28.4 Å². The Morgan fingerprint density at radius 1 is 0.483 bits per heavy atom. The van der Waals surface area contributed by atoms with E-state index < -0.39 is 30.9 Å². The van der Waals surface area contributed by atoms with Crippen molar-refractivity contribution in [3.8, 4) is 0 Å². The highest BCUT2D eigenvalue weighted by molar-refractivity contribution is 5.59. The average Bonchev–Trinajstić information content (AvgIpc) is 3.25. The van der Waals surface area contributed by atoms with Crippen LogP contribution in [0.2, 0.25) is 0 Å². The summed E-state index contributed by atoms with van der Waals surface area (Å²) >= 11 is 0. The molecule has 10 heteroatoms. The van der Waals surface area contributed by atoms with Crippen molar-refractivity contribution in [3.05, 3.63) is 24.3 Å². The van der Waals surface area contributed by atoms with E-state index in [0.29, 0.717) is 32.5 Å². The Kier molecular flexibility index (Phi) is 45.8. The van der Waals surface area contributed by atoms with E-state index in [0.717, 1.165) is 83.8 Å². The minimum Gasteiger partial charge on any atom is -0.434 e. The summed E-state index contributed by atoms with van der Waals surface area (Å²) in [4.78, 5) is 14.7. The molecule has 0 bridgehead atoms. The first-order valence-corrected chi connectivity index (χ1v) is 25.0. The van der Waals surface area contributed by atoms with Gasteiger partial charge >= 0.3 is 6.16 Å². The largest absolute Gasteiger partial charge is 0.508 e. The highest BCUT2D eigenvalue weighted by Gasteiger charge is 2.20. The van der Waals surface area contributed by atoms with Crippen molar-refractivity contribution in [2.45, 2.75) is 227 Å². The molecule has 0 saturated carbocycles. The molecule has 0 rings (SSSR count). The molecule has 0 spiro atoms. The van der Waals surface area contributed by atoms with Crippen molar-refractivity contribution in [2.75, 3.05) is 59.3 Å². The minimum absolute atomic E-state index is 0.0105. The number of nitrogens with zero attached hydrogens (tertiary/aromatic N) is 1. The van der Waals surface area contributed by atoms with Crippen LogP contribution in [0.1, 0.15) is 208 Å². The summed E-state index contributed by atoms with van der Waals surface area (Å²) in [6.45, 7) is 15.4. The smallest absolute Gasteiger partial charge is 0.434 e. The third-order valence-electron chi connectivity index (χ3n) is 10.9. The van der Waals surface area contributed by atoms with Crippen molar-refractivity contribution in [2.24, 2.45) is 5.92 Å². The molecule has 0 aliphatic heterocycles. The lowest BCUT2D eigenvalue weighted by atomic mass is 10.1. The van der Waals surface area contributed by atoms with Gasteiger partial charge in [0.2, 0.25) is 0 Å². The maximum absolute atomic E-state index is 12.4. The van der Waals surface area contributed by atoms with E-state index in [-0.39, 0.29) is 26.4 Å². The molecule has 0 radical (unpaired) electrons. The first-order valence-electron chi connectivity index (χ1n) is 25.0. The summed E-state index contributed by atoms with van der Waals surface area (Å²) in [6.07, 6.45) is 35.1. The fourth-order valence-corrected chi connectivity index (χ4v) is 6.83. The van der Waals surface area contributed by atoms with Gasteiger partial charge in [0.05, 0.1) is 19.8 Å². The maximum atomic E-state index is 12.4. The molecule has 0 amide bonds. The Hall–Kier alpha value is -1.53. The number of rotatable bonds is 47. The van der Waals surface area contributed by atoms with E-state index in [1.165, 1.54) is 89.9 Å². The lowest BCUT2D eigenvalue weighted by molar-refractivity contribution is -0.173. The van der Waals surface area contributed by atoms with Gasteiger partial charge in [-0.25, -0.2) is 4.79 Å². The molecule has 0 aliphatic rings. The first-order chi connectivity index (χ1) is 29.4. The third kappa shape index (κ3) is 41.8. The van der Waals surface area contributed by atoms with Crippen LogP contribution < -0.4 is 0 Å². The van der Waals surface area contributed by atoms with E-state index >= 15 is 0 Å². The van der Waals surface area contributed by atoms with Crippen LogP contribution in [0, 0.1) is 5.92 Å². The van der Waals surface area contributed by atoms with Crippen LogP contribution in [-0.2, 0) is 28.4 Å². The zero-order valence-corrected chi connectivity index (χ0v) is 39.8. The Labute approximate surface area is 369 Å². The van der Waals surface area contributed by atoms with Crippen LogP contribution in [0.25, 0.3) is 0 Å². The lowest BCUT2D eigenvalue weighted by Crippen LogP contribution is -2.29. The fourth-order valence-electron chi connectivity index (χ4n) is 6.83. The molecule has 10 nitrogen and oxygen atoms in total. The normalized spacial score (nSPS) is 13.6. The van der Waals surface area contributed by atoms with E-state index in [1.54, 1.807) is 0 Å². The minimum atomic E-state index is -1.05. The van der Waals surface area contributed by atoms with Crippen LogP contribution in [0.4, 0.5) is 4.79 Å². The molecule has 356 valence electrons. The van der Waals surface area contributed by atoms with Gasteiger partial charge in [-0.05, 0) is 77.3 Å². The van der Waals surface area contributed by atoms with Crippen LogP contribution >= 0.6 is 0 Å². The number of carbonyl (C=O) groups excluding carboxylic acids is 1. The molecular weight excluding hydrogens is 759 g/mol. The summed E-state index contributed by atoms with van der Waals surface area (Å²) in [7, 11) is 0. The number of unbranched alkanes of at least 4 members (excludes halogenated alkanes) is 18. The van der Waals surface area contributed by atoms with Crippen LogP contribution in [0.15, 0.2) is 24.3 Å². The second-order valence-corrected chi connectivity index (χ2v) is 16.5. The average molecular weight is 856 g/mol. The molecule has 0 aliphatic carbocycles. The number of hydrogen-bond donors (Lipinski definition) is 2. The Balaban J connectivity index is 4.83. The number of hydrogen-bond acceptors (Lipinski definition) is 10. The molecule has 3 unspecified atom stereocenters. The van der Waals surface area contributed by atoms with E-state index in [2.05, 4.69) is 63.8 Å². The standard InChI is InChI=1S/C50H97NO9/c1-6-11-14-17-20-21-22-23-24-25-26-27-28-29-32-36-47(52)58-43-46(45-60-50(54)57-42-35-39-51(9-4)10-5)44-59-48(53)37-38-49(55-40-33-30-18-15-12-7-2)56-41-34-31-19-16-13-8-3/h20-21,23-24,46-49,52-53H,6-19,22,25-45H2,1-5H3/b21-20-,24-23-. The quantitative estimate of drug-likeness (QED) is 0.0265. The molecule has 0 fully saturated rings. The molecule has 0 saturated heterocycles. The summed E-state index contributed by atoms with van der Waals surface area (Å²) in [6, 6.07) is 0. The molecule has 2 N–H and O–H groups in total. The van der Waals surface area contributed by atoms with Gasteiger partial charge in [0.25, 0.3) is 0 Å². The summed E-state index contributed by atoms with van der Waals surface area (Å²) in [5, 5.41) is 21.5. The highest BCUT2D eigenvalue weighted by atomic mass is 16.7. The van der Waals surface area contributed by atoms with Crippen molar-refractivity contribution in [1.29, 1.82) is 0 Å². The van der Waals surface area contributed by atoms with Gasteiger partial charge in [-0.15, -0.1) is 0 Å². The van der Waals surface area contributed by atoms with Crippen LogP contribution in [0.3, 0.4) is 0 Å². The molecule has 60 heavy (non-hydrogen) atoms. The monoisotopic (exact) mass is 856 g/mol. The van der Waals surface area contributed by atoms with E-state index in [9.17, 15) is 15.0 Å². The fraction of sp³-hybridized carbons (Fsp3) is 0.900. The molecule has 0 aromatic heterocycles. The van der Waals surface area contributed by atoms with Gasteiger partial charge in [0.15, 0.2) is 18.9 Å². The zero-order valence-electron chi connectivity index (χ0n) is 39.8. The number of aliphatic hydroxyl groups excluding tert-OH is 2. The van der Waals surface area contributed by atoms with Crippen molar-refractivity contribution in [3.63, 3.8) is 0 Å². The predicted molar refractivity (Wildman–Crippen MR) is 248 cm³/mol. The van der Waals surface area contributed by atoms with Crippen molar-refractivity contribution < 1.29 is 43.4 Å². The van der Waals surface area contributed by atoms with Gasteiger partial charge in [0.1, 0.15) is 6.61 Å². The highest BCUT2D eigenvalue weighted by Crippen LogP contribution is 2.16. The lowest BCUT2D eigenvalue weighted by Gasteiger charge is -2.23. The van der Waals surface area contributed by atoms with Crippen LogP contribution in [0.5, 0.6) is 0 Å². The molecule has 3 atom stereocenters. The third-order valence-corrected chi connectivity index (χ3v) is 10.9. The first kappa shape index (κ1) is 58.5. The second kappa shape index (κ2) is 47.0.